The van der Waals surface area contributed by atoms with Gasteiger partial charge in [0.1, 0.15) is 23.8 Å². The molecule has 4 rings (SSSR count). The zero-order chi connectivity index (χ0) is 21.4. The third-order valence-corrected chi connectivity index (χ3v) is 6.12. The Bertz CT molecular complexity index is 993. The predicted octanol–water partition coefficient (Wildman–Crippen LogP) is 2.30. The highest BCUT2D eigenvalue weighted by atomic mass is 32.1. The van der Waals surface area contributed by atoms with E-state index in [0.717, 1.165) is 30.4 Å². The second kappa shape index (κ2) is 8.05. The first-order chi connectivity index (χ1) is 14.4. The highest BCUT2D eigenvalue weighted by Crippen LogP contribution is 2.38. The van der Waals surface area contributed by atoms with Crippen molar-refractivity contribution in [3.63, 3.8) is 0 Å². The van der Waals surface area contributed by atoms with Gasteiger partial charge in [-0.1, -0.05) is 13.3 Å². The lowest BCUT2D eigenvalue weighted by Gasteiger charge is -2.40. The van der Waals surface area contributed by atoms with Crippen LogP contribution in [0.25, 0.3) is 0 Å². The lowest BCUT2D eigenvalue weighted by atomic mass is 9.91. The minimum Gasteiger partial charge on any atom is -0.481 e. The molecule has 158 valence electrons. The number of hydrogen-bond donors (Lipinski definition) is 1. The molecule has 2 aromatic rings. The van der Waals surface area contributed by atoms with Crippen LogP contribution in [0.2, 0.25) is 0 Å². The van der Waals surface area contributed by atoms with E-state index < -0.39 is 23.5 Å². The maximum Gasteiger partial charge on any atom is 0.316 e. The Morgan fingerprint density at radius 1 is 1.30 bits per heavy atom. The van der Waals surface area contributed by atoms with Gasteiger partial charge < -0.3 is 10.0 Å². The molecule has 0 spiro atoms. The fourth-order valence-electron chi connectivity index (χ4n) is 3.67. The molecule has 4 heterocycles. The van der Waals surface area contributed by atoms with E-state index in [4.69, 9.17) is 0 Å². The van der Waals surface area contributed by atoms with Gasteiger partial charge in [-0.25, -0.2) is 14.4 Å². The first kappa shape index (κ1) is 20.3. The van der Waals surface area contributed by atoms with E-state index in [2.05, 4.69) is 14.3 Å². The summed E-state index contributed by atoms with van der Waals surface area (Å²) in [4.78, 5) is 47.9. The molecule has 30 heavy (non-hydrogen) atoms. The molecule has 2 aromatic heterocycles. The van der Waals surface area contributed by atoms with Crippen LogP contribution in [0, 0.1) is 17.7 Å². The Kier molecular flexibility index (Phi) is 5.46. The van der Waals surface area contributed by atoms with Crippen LogP contribution < -0.4 is 9.80 Å². The van der Waals surface area contributed by atoms with Gasteiger partial charge in [0.15, 0.2) is 17.4 Å². The van der Waals surface area contributed by atoms with Crippen molar-refractivity contribution in [2.75, 3.05) is 29.4 Å². The molecule has 9 nitrogen and oxygen atoms in total. The second-order valence-electron chi connectivity index (χ2n) is 7.43. The van der Waals surface area contributed by atoms with Crippen molar-refractivity contribution in [3.05, 3.63) is 23.8 Å². The number of fused-ring (bicyclic) bond motifs is 1. The molecule has 1 atom stereocenters. The van der Waals surface area contributed by atoms with Crippen LogP contribution in [0.4, 0.5) is 21.2 Å². The summed E-state index contributed by atoms with van der Waals surface area (Å²) in [5.74, 6) is -3.82. The van der Waals surface area contributed by atoms with E-state index in [1.165, 1.54) is 11.2 Å². The van der Waals surface area contributed by atoms with Crippen molar-refractivity contribution < 1.29 is 23.9 Å². The smallest absolute Gasteiger partial charge is 0.316 e. The molecular formula is C19H20FN5O4S. The molecule has 2 aliphatic rings. The van der Waals surface area contributed by atoms with Crippen LogP contribution in [0.1, 0.15) is 36.5 Å². The van der Waals surface area contributed by atoms with Crippen LogP contribution >= 0.6 is 11.5 Å². The van der Waals surface area contributed by atoms with Crippen molar-refractivity contribution in [1.29, 1.82) is 0 Å². The number of aliphatic carboxylic acids is 1. The van der Waals surface area contributed by atoms with E-state index in [1.54, 1.807) is 4.90 Å². The van der Waals surface area contributed by atoms with Gasteiger partial charge in [0, 0.05) is 37.6 Å². The Morgan fingerprint density at radius 2 is 2.07 bits per heavy atom. The van der Waals surface area contributed by atoms with Gasteiger partial charge in [-0.2, -0.15) is 4.37 Å². The average molecular weight is 433 g/mol. The maximum absolute atomic E-state index is 14.8. The van der Waals surface area contributed by atoms with E-state index in [9.17, 15) is 23.9 Å². The van der Waals surface area contributed by atoms with Gasteiger partial charge >= 0.3 is 5.97 Å². The largest absolute Gasteiger partial charge is 0.481 e. The van der Waals surface area contributed by atoms with E-state index in [0.29, 0.717) is 24.6 Å². The SMILES string of the molecule is CCCCC(=O)C1CN(c2nc3c(cc2F)C(=O)C(C(=O)O)CN3c2ncns2)C1. The normalized spacial score (nSPS) is 18.9. The molecule has 0 amide bonds. The van der Waals surface area contributed by atoms with Gasteiger partial charge in [-0.05, 0) is 12.5 Å². The standard InChI is InChI=1S/C19H20FN5O4S/c1-2-3-4-14(26)10-6-24(7-10)17-13(20)5-11-15(27)12(18(28)29)8-25(16(11)23-17)19-21-9-22-30-19/h5,9-10,12H,2-4,6-8H2,1H3,(H,28,29). The molecule has 0 aromatic carbocycles. The number of ketones is 2. The summed E-state index contributed by atoms with van der Waals surface area (Å²) < 4.78 is 18.7. The summed E-state index contributed by atoms with van der Waals surface area (Å²) in [5.41, 5.74) is -0.0961. The van der Waals surface area contributed by atoms with Gasteiger partial charge in [0.05, 0.1) is 11.5 Å². The van der Waals surface area contributed by atoms with Crippen LogP contribution in [0.15, 0.2) is 12.4 Å². The van der Waals surface area contributed by atoms with Gasteiger partial charge in [0.25, 0.3) is 0 Å². The number of carbonyl (C=O) groups is 3. The maximum atomic E-state index is 14.8. The second-order valence-corrected chi connectivity index (χ2v) is 8.18. The number of carbonyl (C=O) groups excluding carboxylic acids is 2. The molecule has 1 N–H and O–H groups in total. The number of anilines is 3. The number of unbranched alkanes of at least 4 members (excludes halogenated alkanes) is 1. The fraction of sp³-hybridized carbons (Fsp3) is 0.474. The number of aromatic nitrogens is 3. The fourth-order valence-corrected chi connectivity index (χ4v) is 4.22. The van der Waals surface area contributed by atoms with Crippen molar-refractivity contribution >= 4 is 45.8 Å². The lowest BCUT2D eigenvalue weighted by Crippen LogP contribution is -2.51. The predicted molar refractivity (Wildman–Crippen MR) is 107 cm³/mol. The minimum atomic E-state index is -1.35. The average Bonchev–Trinajstić information content (AvgIpc) is 3.20. The Balaban J connectivity index is 1.64. The van der Waals surface area contributed by atoms with Crippen molar-refractivity contribution in [2.24, 2.45) is 11.8 Å². The molecule has 0 aliphatic carbocycles. The third-order valence-electron chi connectivity index (χ3n) is 5.43. The summed E-state index contributed by atoms with van der Waals surface area (Å²) in [6.45, 7) is 2.60. The molecule has 1 fully saturated rings. The molecule has 1 saturated heterocycles. The van der Waals surface area contributed by atoms with E-state index in [1.807, 2.05) is 6.92 Å². The number of nitrogens with zero attached hydrogens (tertiary/aromatic N) is 5. The van der Waals surface area contributed by atoms with Crippen molar-refractivity contribution in [2.45, 2.75) is 26.2 Å². The number of halogens is 1. The summed E-state index contributed by atoms with van der Waals surface area (Å²) in [6, 6.07) is 1.04. The lowest BCUT2D eigenvalue weighted by molar-refractivity contribution is -0.139. The third kappa shape index (κ3) is 3.53. The summed E-state index contributed by atoms with van der Waals surface area (Å²) in [5, 5.41) is 9.79. The number of pyridine rings is 1. The van der Waals surface area contributed by atoms with Crippen LogP contribution in [0.3, 0.4) is 0 Å². The molecule has 11 heteroatoms. The van der Waals surface area contributed by atoms with E-state index in [-0.39, 0.29) is 35.4 Å². The summed E-state index contributed by atoms with van der Waals surface area (Å²) >= 11 is 1.03. The summed E-state index contributed by atoms with van der Waals surface area (Å²) in [6.07, 6.45) is 3.61. The zero-order valence-corrected chi connectivity index (χ0v) is 17.1. The Hall–Kier alpha value is -2.95. The minimum absolute atomic E-state index is 0.0457. The Labute approximate surface area is 175 Å². The van der Waals surface area contributed by atoms with Gasteiger partial charge in [-0.15, -0.1) is 0 Å². The van der Waals surface area contributed by atoms with E-state index >= 15 is 0 Å². The number of hydrogen-bond acceptors (Lipinski definition) is 9. The highest BCUT2D eigenvalue weighted by Gasteiger charge is 2.41. The number of carboxylic acid groups (broad SMARTS) is 1. The number of Topliss-reactive ketones (excluding diaryl/α,β-unsaturated/α-hetero) is 2. The first-order valence-corrected chi connectivity index (χ1v) is 10.5. The number of carboxylic acids is 1. The highest BCUT2D eigenvalue weighted by molar-refractivity contribution is 7.09. The van der Waals surface area contributed by atoms with Crippen LogP contribution in [-0.2, 0) is 9.59 Å². The molecule has 0 bridgehead atoms. The van der Waals surface area contributed by atoms with Crippen LogP contribution in [0.5, 0.6) is 0 Å². The van der Waals surface area contributed by atoms with Crippen molar-refractivity contribution in [3.8, 4) is 0 Å². The molecule has 1 unspecified atom stereocenters. The molecular weight excluding hydrogens is 413 g/mol. The quantitative estimate of drug-likeness (QED) is 0.656. The first-order valence-electron chi connectivity index (χ1n) is 9.70. The monoisotopic (exact) mass is 433 g/mol. The Morgan fingerprint density at radius 3 is 2.70 bits per heavy atom. The van der Waals surface area contributed by atoms with Gasteiger partial charge in [0.2, 0.25) is 5.13 Å². The van der Waals surface area contributed by atoms with Gasteiger partial charge in [-0.3, -0.25) is 19.3 Å². The van der Waals surface area contributed by atoms with Crippen LogP contribution in [-0.4, -0.2) is 56.6 Å². The molecule has 0 saturated carbocycles. The molecule has 2 aliphatic heterocycles. The zero-order valence-electron chi connectivity index (χ0n) is 16.2. The molecule has 0 radical (unpaired) electrons. The number of rotatable bonds is 7. The summed E-state index contributed by atoms with van der Waals surface area (Å²) in [7, 11) is 0. The topological polar surface area (TPSA) is 117 Å². The van der Waals surface area contributed by atoms with Crippen molar-refractivity contribution in [1.82, 2.24) is 14.3 Å².